The molecule has 2 aromatic heterocycles. The molecular weight excluding hydrogens is 351 g/mol. The Morgan fingerprint density at radius 1 is 1.33 bits per heavy atom. The molecule has 0 atom stereocenters. The number of nitrogens with one attached hydrogen (secondary N) is 1. The number of anilines is 1. The fraction of sp³-hybridized carbons (Fsp3) is 0. The highest BCUT2D eigenvalue weighted by atomic mass is 35.5. The smallest absolute Gasteiger partial charge is 0.250 e. The van der Waals surface area contributed by atoms with E-state index < -0.39 is 5.82 Å². The van der Waals surface area contributed by atoms with E-state index in [0.717, 1.165) is 0 Å². The average molecular weight is 361 g/mol. The van der Waals surface area contributed by atoms with Crippen LogP contribution in [0, 0.1) is 5.82 Å². The van der Waals surface area contributed by atoms with E-state index in [2.05, 4.69) is 20.3 Å². The number of hydrogen-bond acceptors (Lipinski definition) is 5. The van der Waals surface area contributed by atoms with Crippen LogP contribution in [0.15, 0.2) is 48.2 Å². The van der Waals surface area contributed by atoms with Crippen LogP contribution in [0.2, 0.25) is 5.02 Å². The number of halogens is 2. The van der Waals surface area contributed by atoms with Gasteiger partial charge in [-0.05, 0) is 24.3 Å². The SMILES string of the molecule is O=C(/C=C/c1cnccn1)Nc1nc(-c2ccc(F)c(Cl)c2)cs1. The van der Waals surface area contributed by atoms with Crippen molar-refractivity contribution in [2.75, 3.05) is 5.32 Å². The molecule has 0 fully saturated rings. The summed E-state index contributed by atoms with van der Waals surface area (Å²) in [7, 11) is 0. The van der Waals surface area contributed by atoms with Crippen LogP contribution in [0.25, 0.3) is 17.3 Å². The maximum absolute atomic E-state index is 13.2. The number of nitrogens with zero attached hydrogens (tertiary/aromatic N) is 3. The maximum Gasteiger partial charge on any atom is 0.250 e. The zero-order chi connectivity index (χ0) is 16.9. The monoisotopic (exact) mass is 360 g/mol. The van der Waals surface area contributed by atoms with E-state index in [1.807, 2.05) is 0 Å². The van der Waals surface area contributed by atoms with Crippen molar-refractivity contribution < 1.29 is 9.18 Å². The van der Waals surface area contributed by atoms with Crippen molar-refractivity contribution in [2.45, 2.75) is 0 Å². The molecule has 0 spiro atoms. The molecule has 0 unspecified atom stereocenters. The average Bonchev–Trinajstić information content (AvgIpc) is 3.05. The van der Waals surface area contributed by atoms with Crippen LogP contribution in [-0.4, -0.2) is 20.9 Å². The minimum absolute atomic E-state index is 0.0259. The molecule has 1 aromatic carbocycles. The molecule has 24 heavy (non-hydrogen) atoms. The molecule has 1 amide bonds. The number of hydrogen-bond donors (Lipinski definition) is 1. The van der Waals surface area contributed by atoms with E-state index in [4.69, 9.17) is 11.6 Å². The molecule has 5 nitrogen and oxygen atoms in total. The molecule has 0 aliphatic carbocycles. The van der Waals surface area contributed by atoms with E-state index in [1.165, 1.54) is 29.5 Å². The first-order chi connectivity index (χ1) is 11.6. The summed E-state index contributed by atoms with van der Waals surface area (Å²) in [5, 5.41) is 4.87. The van der Waals surface area contributed by atoms with Crippen molar-refractivity contribution in [3.63, 3.8) is 0 Å². The van der Waals surface area contributed by atoms with Crippen molar-refractivity contribution in [1.29, 1.82) is 0 Å². The van der Waals surface area contributed by atoms with Gasteiger partial charge in [0.05, 0.1) is 22.6 Å². The van der Waals surface area contributed by atoms with Crippen LogP contribution in [0.5, 0.6) is 0 Å². The number of carbonyl (C=O) groups excluding carboxylic acids is 1. The van der Waals surface area contributed by atoms with Gasteiger partial charge < -0.3 is 0 Å². The highest BCUT2D eigenvalue weighted by Crippen LogP contribution is 2.28. The molecule has 0 bridgehead atoms. The number of rotatable bonds is 4. The lowest BCUT2D eigenvalue weighted by atomic mass is 10.2. The molecule has 0 saturated carbocycles. The van der Waals surface area contributed by atoms with Gasteiger partial charge in [0.15, 0.2) is 5.13 Å². The summed E-state index contributed by atoms with van der Waals surface area (Å²) in [5.41, 5.74) is 1.86. The van der Waals surface area contributed by atoms with Crippen LogP contribution >= 0.6 is 22.9 Å². The van der Waals surface area contributed by atoms with Crippen LogP contribution in [0.4, 0.5) is 9.52 Å². The first-order valence-corrected chi connectivity index (χ1v) is 8.03. The standard InChI is InChI=1S/C16H10ClFN4OS/c17-12-7-10(1-3-13(12)18)14-9-24-16(21-14)22-15(23)4-2-11-8-19-5-6-20-11/h1-9H,(H,21,22,23)/b4-2+. The second-order valence-electron chi connectivity index (χ2n) is 4.62. The Labute approximate surface area is 145 Å². The van der Waals surface area contributed by atoms with E-state index in [0.29, 0.717) is 22.1 Å². The van der Waals surface area contributed by atoms with Gasteiger partial charge in [-0.25, -0.2) is 9.37 Å². The summed E-state index contributed by atoms with van der Waals surface area (Å²) in [6.07, 6.45) is 7.54. The zero-order valence-corrected chi connectivity index (χ0v) is 13.7. The Morgan fingerprint density at radius 2 is 2.21 bits per heavy atom. The summed E-state index contributed by atoms with van der Waals surface area (Å²) in [5.74, 6) is -0.822. The highest BCUT2D eigenvalue weighted by molar-refractivity contribution is 7.14. The second kappa shape index (κ2) is 7.29. The third-order valence-corrected chi connectivity index (χ3v) is 3.99. The molecule has 3 aromatic rings. The second-order valence-corrected chi connectivity index (χ2v) is 5.88. The predicted molar refractivity (Wildman–Crippen MR) is 92.2 cm³/mol. The molecule has 120 valence electrons. The Morgan fingerprint density at radius 3 is 2.96 bits per heavy atom. The quantitative estimate of drug-likeness (QED) is 0.713. The lowest BCUT2D eigenvalue weighted by molar-refractivity contribution is -0.111. The molecule has 0 aliphatic rings. The summed E-state index contributed by atoms with van der Waals surface area (Å²) >= 11 is 7.03. The van der Waals surface area contributed by atoms with Gasteiger partial charge in [-0.15, -0.1) is 11.3 Å². The summed E-state index contributed by atoms with van der Waals surface area (Å²) in [6, 6.07) is 4.35. The van der Waals surface area contributed by atoms with Gasteiger partial charge in [0, 0.05) is 29.4 Å². The predicted octanol–water partition coefficient (Wildman–Crippen LogP) is 4.04. The summed E-state index contributed by atoms with van der Waals surface area (Å²) < 4.78 is 13.2. The van der Waals surface area contributed by atoms with Crippen molar-refractivity contribution in [3.8, 4) is 11.3 Å². The zero-order valence-electron chi connectivity index (χ0n) is 12.1. The Balaban J connectivity index is 1.68. The Hall–Kier alpha value is -2.64. The number of carbonyl (C=O) groups is 1. The Kier molecular flexibility index (Phi) is 4.93. The molecule has 3 rings (SSSR count). The third-order valence-electron chi connectivity index (χ3n) is 2.94. The fourth-order valence-electron chi connectivity index (χ4n) is 1.82. The normalized spacial score (nSPS) is 10.9. The van der Waals surface area contributed by atoms with Crippen molar-refractivity contribution >= 4 is 40.1 Å². The Bertz CT molecular complexity index is 898. The number of thiazole rings is 1. The van der Waals surface area contributed by atoms with Crippen LogP contribution < -0.4 is 5.32 Å². The van der Waals surface area contributed by atoms with E-state index in [1.54, 1.807) is 36.1 Å². The number of benzene rings is 1. The third kappa shape index (κ3) is 4.01. The molecule has 8 heteroatoms. The number of amides is 1. The molecule has 0 saturated heterocycles. The molecular formula is C16H10ClFN4OS. The minimum Gasteiger partial charge on any atom is -0.298 e. The summed E-state index contributed by atoms with van der Waals surface area (Å²) in [6.45, 7) is 0. The fourth-order valence-corrected chi connectivity index (χ4v) is 2.73. The van der Waals surface area contributed by atoms with Crippen LogP contribution in [0.3, 0.4) is 0 Å². The molecule has 0 radical (unpaired) electrons. The van der Waals surface area contributed by atoms with Crippen molar-refractivity contribution in [1.82, 2.24) is 15.0 Å². The highest BCUT2D eigenvalue weighted by Gasteiger charge is 2.08. The van der Waals surface area contributed by atoms with Gasteiger partial charge in [0.25, 0.3) is 0 Å². The molecule has 1 N–H and O–H groups in total. The largest absolute Gasteiger partial charge is 0.298 e. The van der Waals surface area contributed by atoms with Gasteiger partial charge in [-0.2, -0.15) is 0 Å². The van der Waals surface area contributed by atoms with E-state index in [9.17, 15) is 9.18 Å². The summed E-state index contributed by atoms with van der Waals surface area (Å²) in [4.78, 5) is 24.1. The first kappa shape index (κ1) is 16.2. The minimum atomic E-state index is -0.488. The topological polar surface area (TPSA) is 67.8 Å². The van der Waals surface area contributed by atoms with Crippen molar-refractivity contribution in [3.05, 3.63) is 64.8 Å². The molecule has 0 aliphatic heterocycles. The number of aromatic nitrogens is 3. The van der Waals surface area contributed by atoms with Crippen LogP contribution in [0.1, 0.15) is 5.69 Å². The van der Waals surface area contributed by atoms with Gasteiger partial charge >= 0.3 is 0 Å². The van der Waals surface area contributed by atoms with E-state index >= 15 is 0 Å². The van der Waals surface area contributed by atoms with E-state index in [-0.39, 0.29) is 10.9 Å². The lowest BCUT2D eigenvalue weighted by Crippen LogP contribution is -2.07. The van der Waals surface area contributed by atoms with Gasteiger partial charge in [-0.1, -0.05) is 11.6 Å². The maximum atomic E-state index is 13.2. The van der Waals surface area contributed by atoms with Crippen LogP contribution in [-0.2, 0) is 4.79 Å². The first-order valence-electron chi connectivity index (χ1n) is 6.78. The van der Waals surface area contributed by atoms with Gasteiger partial charge in [0.1, 0.15) is 5.82 Å². The molecule has 2 heterocycles. The van der Waals surface area contributed by atoms with Crippen molar-refractivity contribution in [2.24, 2.45) is 0 Å². The lowest BCUT2D eigenvalue weighted by Gasteiger charge is -1.99. The van der Waals surface area contributed by atoms with Gasteiger partial charge in [0.2, 0.25) is 5.91 Å². The van der Waals surface area contributed by atoms with Gasteiger partial charge in [-0.3, -0.25) is 20.1 Å².